The largest absolute Gasteiger partial charge is 0.496 e. The molecule has 1 aliphatic rings. The molecule has 7 heteroatoms. The maximum absolute atomic E-state index is 12.6. The van der Waals surface area contributed by atoms with E-state index in [0.29, 0.717) is 34.2 Å². The first-order chi connectivity index (χ1) is 10.6. The number of halogens is 1. The van der Waals surface area contributed by atoms with Crippen molar-refractivity contribution >= 4 is 21.8 Å². The van der Waals surface area contributed by atoms with Gasteiger partial charge in [-0.3, -0.25) is 4.79 Å². The molecule has 0 bridgehead atoms. The fraction of sp³-hybridized carbons (Fsp3) is 0.533. The molecule has 2 rings (SSSR count). The molecule has 6 nitrogen and oxygen atoms in total. The van der Waals surface area contributed by atoms with E-state index in [4.69, 9.17) is 14.2 Å². The Morgan fingerprint density at radius 1 is 1.27 bits per heavy atom. The van der Waals surface area contributed by atoms with Gasteiger partial charge in [-0.1, -0.05) is 15.9 Å². The van der Waals surface area contributed by atoms with Crippen LogP contribution in [-0.4, -0.2) is 51.2 Å². The van der Waals surface area contributed by atoms with Crippen LogP contribution in [0.4, 0.5) is 0 Å². The highest BCUT2D eigenvalue weighted by molar-refractivity contribution is 9.09. The topological polar surface area (TPSA) is 68.8 Å². The van der Waals surface area contributed by atoms with Gasteiger partial charge in [-0.05, 0) is 25.1 Å². The van der Waals surface area contributed by atoms with Crippen molar-refractivity contribution in [3.8, 4) is 17.2 Å². The molecule has 1 fully saturated rings. The molecular weight excluding hydrogens is 352 g/mol. The van der Waals surface area contributed by atoms with Crippen LogP contribution in [0.2, 0.25) is 0 Å². The molecule has 2 atom stereocenters. The van der Waals surface area contributed by atoms with Gasteiger partial charge >= 0.3 is 0 Å². The Balaban J connectivity index is 2.20. The average molecular weight is 373 g/mol. The number of ether oxygens (including phenoxy) is 3. The Kier molecular flexibility index (Phi) is 5.90. The number of hydrogen-bond acceptors (Lipinski definition) is 5. The van der Waals surface area contributed by atoms with Crippen molar-refractivity contribution in [3.63, 3.8) is 0 Å². The molecule has 1 aromatic carbocycles. The maximum Gasteiger partial charge on any atom is 0.259 e. The number of nitrogens with one attached hydrogen (secondary N) is 2. The van der Waals surface area contributed by atoms with Crippen LogP contribution in [-0.2, 0) is 0 Å². The van der Waals surface area contributed by atoms with E-state index >= 15 is 0 Å². The van der Waals surface area contributed by atoms with Gasteiger partial charge in [0.2, 0.25) is 0 Å². The van der Waals surface area contributed by atoms with Crippen molar-refractivity contribution in [3.05, 3.63) is 17.7 Å². The number of benzene rings is 1. The summed E-state index contributed by atoms with van der Waals surface area (Å²) in [4.78, 5) is 12.9. The van der Waals surface area contributed by atoms with Crippen LogP contribution in [0.3, 0.4) is 0 Å². The molecule has 1 aliphatic heterocycles. The molecule has 2 N–H and O–H groups in total. The van der Waals surface area contributed by atoms with E-state index in [0.717, 1.165) is 13.0 Å². The predicted octanol–water partition coefficient (Wildman–Crippen LogP) is 1.57. The summed E-state index contributed by atoms with van der Waals surface area (Å²) in [5.74, 6) is 1.06. The first-order valence-corrected chi connectivity index (χ1v) is 7.98. The first-order valence-electron chi connectivity index (χ1n) is 7.07. The molecule has 0 spiro atoms. The molecule has 1 aromatic rings. The minimum absolute atomic E-state index is 0.214. The lowest BCUT2D eigenvalue weighted by Gasteiger charge is -2.18. The quantitative estimate of drug-likeness (QED) is 0.741. The van der Waals surface area contributed by atoms with Gasteiger partial charge in [-0.2, -0.15) is 0 Å². The van der Waals surface area contributed by atoms with Gasteiger partial charge in [0, 0.05) is 17.4 Å². The summed E-state index contributed by atoms with van der Waals surface area (Å²) >= 11 is 3.61. The fourth-order valence-electron chi connectivity index (χ4n) is 2.52. The zero-order valence-electron chi connectivity index (χ0n) is 12.9. The third-order valence-corrected chi connectivity index (χ3v) is 4.80. The van der Waals surface area contributed by atoms with Gasteiger partial charge in [0.05, 0.1) is 21.3 Å². The molecule has 0 radical (unpaired) electrons. The Morgan fingerprint density at radius 3 is 2.50 bits per heavy atom. The Hall–Kier alpha value is -1.47. The number of amides is 1. The highest BCUT2D eigenvalue weighted by Gasteiger charge is 2.27. The van der Waals surface area contributed by atoms with Crippen LogP contribution < -0.4 is 24.8 Å². The molecule has 122 valence electrons. The van der Waals surface area contributed by atoms with Crippen LogP contribution in [0.5, 0.6) is 17.2 Å². The summed E-state index contributed by atoms with van der Waals surface area (Å²) in [6.45, 7) is 1.47. The van der Waals surface area contributed by atoms with E-state index < -0.39 is 0 Å². The zero-order chi connectivity index (χ0) is 16.1. The molecular formula is C15H21BrN2O4. The molecule has 0 aromatic heterocycles. The van der Waals surface area contributed by atoms with Gasteiger partial charge in [-0.15, -0.1) is 0 Å². The van der Waals surface area contributed by atoms with E-state index in [1.165, 1.54) is 21.3 Å². The van der Waals surface area contributed by atoms with Crippen LogP contribution in [0.25, 0.3) is 0 Å². The summed E-state index contributed by atoms with van der Waals surface area (Å²) in [6, 6.07) is 3.62. The van der Waals surface area contributed by atoms with Crippen molar-refractivity contribution < 1.29 is 19.0 Å². The van der Waals surface area contributed by atoms with E-state index in [2.05, 4.69) is 26.6 Å². The number of rotatable bonds is 6. The molecule has 0 saturated carbocycles. The normalized spacial score (nSPS) is 20.5. The van der Waals surface area contributed by atoms with Crippen molar-refractivity contribution in [1.29, 1.82) is 0 Å². The SMILES string of the molecule is COc1ccc(OC)c(C(=O)NCC2NCC[C@@H]2Br)c1OC. The summed E-state index contributed by atoms with van der Waals surface area (Å²) < 4.78 is 15.9. The maximum atomic E-state index is 12.6. The third-order valence-electron chi connectivity index (χ3n) is 3.70. The van der Waals surface area contributed by atoms with E-state index in [1.54, 1.807) is 12.1 Å². The van der Waals surface area contributed by atoms with Gasteiger partial charge < -0.3 is 24.8 Å². The van der Waals surface area contributed by atoms with E-state index in [-0.39, 0.29) is 11.9 Å². The molecule has 1 unspecified atom stereocenters. The van der Waals surface area contributed by atoms with Crippen LogP contribution in [0, 0.1) is 0 Å². The van der Waals surface area contributed by atoms with Crippen LogP contribution >= 0.6 is 15.9 Å². The van der Waals surface area contributed by atoms with Crippen molar-refractivity contribution in [2.75, 3.05) is 34.4 Å². The number of carbonyl (C=O) groups excluding carboxylic acids is 1. The van der Waals surface area contributed by atoms with Crippen LogP contribution in [0.1, 0.15) is 16.8 Å². The minimum atomic E-state index is -0.249. The van der Waals surface area contributed by atoms with Crippen molar-refractivity contribution in [2.45, 2.75) is 17.3 Å². The smallest absolute Gasteiger partial charge is 0.259 e. The Labute approximate surface area is 138 Å². The lowest BCUT2D eigenvalue weighted by molar-refractivity contribution is 0.0943. The monoisotopic (exact) mass is 372 g/mol. The highest BCUT2D eigenvalue weighted by Crippen LogP contribution is 2.37. The molecule has 1 amide bonds. The fourth-order valence-corrected chi connectivity index (χ4v) is 3.12. The summed E-state index contributed by atoms with van der Waals surface area (Å²) in [7, 11) is 4.55. The summed E-state index contributed by atoms with van der Waals surface area (Å²) in [5, 5.41) is 6.27. The molecule has 1 heterocycles. The Morgan fingerprint density at radius 2 is 1.95 bits per heavy atom. The van der Waals surface area contributed by atoms with Crippen molar-refractivity contribution in [1.82, 2.24) is 10.6 Å². The zero-order valence-corrected chi connectivity index (χ0v) is 14.5. The van der Waals surface area contributed by atoms with Crippen molar-refractivity contribution in [2.24, 2.45) is 0 Å². The molecule has 22 heavy (non-hydrogen) atoms. The first kappa shape index (κ1) is 16.9. The summed E-state index contributed by atoms with van der Waals surface area (Å²) in [5.41, 5.74) is 0.341. The highest BCUT2D eigenvalue weighted by atomic mass is 79.9. The number of methoxy groups -OCH3 is 3. The van der Waals surface area contributed by atoms with Crippen LogP contribution in [0.15, 0.2) is 12.1 Å². The average Bonchev–Trinajstić information content (AvgIpc) is 2.95. The Bertz CT molecular complexity index is 539. The van der Waals surface area contributed by atoms with Gasteiger partial charge in [0.25, 0.3) is 5.91 Å². The second-order valence-electron chi connectivity index (χ2n) is 4.95. The second kappa shape index (κ2) is 7.69. The second-order valence-corrected chi connectivity index (χ2v) is 6.13. The predicted molar refractivity (Wildman–Crippen MR) is 87.6 cm³/mol. The van der Waals surface area contributed by atoms with Gasteiger partial charge in [0.15, 0.2) is 11.5 Å². The standard InChI is InChI=1S/C15H21BrN2O4/c1-20-11-4-5-12(21-2)14(22-3)13(11)15(19)18-8-10-9(16)6-7-17-10/h4-5,9-10,17H,6-8H2,1-3H3,(H,18,19)/t9-,10?/m0/s1. The number of carbonyl (C=O) groups is 1. The number of hydrogen-bond donors (Lipinski definition) is 2. The number of alkyl halides is 1. The lowest BCUT2D eigenvalue weighted by Crippen LogP contribution is -2.40. The summed E-state index contributed by atoms with van der Waals surface area (Å²) in [6.07, 6.45) is 1.05. The van der Waals surface area contributed by atoms with E-state index in [1.807, 2.05) is 0 Å². The molecule has 1 saturated heterocycles. The van der Waals surface area contributed by atoms with Gasteiger partial charge in [-0.25, -0.2) is 0 Å². The van der Waals surface area contributed by atoms with Gasteiger partial charge in [0.1, 0.15) is 11.3 Å². The van der Waals surface area contributed by atoms with E-state index in [9.17, 15) is 4.79 Å². The molecule has 0 aliphatic carbocycles. The minimum Gasteiger partial charge on any atom is -0.496 e. The third kappa shape index (κ3) is 3.47. The lowest BCUT2D eigenvalue weighted by atomic mass is 10.1.